The van der Waals surface area contributed by atoms with Crippen molar-refractivity contribution in [2.24, 2.45) is 0 Å². The predicted octanol–water partition coefficient (Wildman–Crippen LogP) is 4.42. The molecule has 6 rings (SSSR count). The maximum atomic E-state index is 12.8. The molecule has 0 aliphatic rings. The first-order chi connectivity index (χ1) is 16.2. The van der Waals surface area contributed by atoms with E-state index in [0.717, 1.165) is 26.4 Å². The van der Waals surface area contributed by atoms with E-state index in [9.17, 15) is 4.79 Å². The Kier molecular flexibility index (Phi) is 4.48. The highest BCUT2D eigenvalue weighted by molar-refractivity contribution is 7.15. The number of rotatable bonds is 3. The van der Waals surface area contributed by atoms with Gasteiger partial charge in [0.25, 0.3) is 5.56 Å². The SMILES string of the molecule is Cc1ncc(-c2nc3[nH]c(=O)c(-c4cncnc4)cc3nc2-c2ccc3ncccc3c2)s1. The second-order valence-electron chi connectivity index (χ2n) is 7.45. The summed E-state index contributed by atoms with van der Waals surface area (Å²) in [5, 5.41) is 1.93. The smallest absolute Gasteiger partial charge is 0.257 e. The minimum Gasteiger partial charge on any atom is -0.305 e. The van der Waals surface area contributed by atoms with E-state index >= 15 is 0 Å². The molecule has 5 aromatic heterocycles. The number of nitrogens with one attached hydrogen (secondary N) is 1. The van der Waals surface area contributed by atoms with Crippen LogP contribution >= 0.6 is 11.3 Å². The van der Waals surface area contributed by atoms with Gasteiger partial charge in [-0.25, -0.2) is 24.9 Å². The molecule has 0 aliphatic heterocycles. The van der Waals surface area contributed by atoms with Crippen LogP contribution in [0.15, 0.2) is 72.3 Å². The number of hydrogen-bond donors (Lipinski definition) is 1. The fraction of sp³-hybridized carbons (Fsp3) is 0.0417. The molecule has 6 aromatic rings. The van der Waals surface area contributed by atoms with Crippen molar-refractivity contribution in [3.8, 4) is 33.0 Å². The van der Waals surface area contributed by atoms with Crippen molar-refractivity contribution < 1.29 is 0 Å². The van der Waals surface area contributed by atoms with Gasteiger partial charge in [-0.2, -0.15) is 0 Å². The molecule has 0 fully saturated rings. The molecular weight excluding hydrogens is 434 g/mol. The van der Waals surface area contributed by atoms with Crippen LogP contribution in [0.2, 0.25) is 0 Å². The number of aromatic nitrogens is 7. The first kappa shape index (κ1) is 19.3. The highest BCUT2D eigenvalue weighted by atomic mass is 32.1. The van der Waals surface area contributed by atoms with Gasteiger partial charge in [0.2, 0.25) is 0 Å². The molecule has 1 aromatic carbocycles. The number of nitrogens with zero attached hydrogens (tertiary/aromatic N) is 6. The Labute approximate surface area is 191 Å². The largest absolute Gasteiger partial charge is 0.305 e. The Balaban J connectivity index is 1.63. The number of hydrogen-bond acceptors (Lipinski definition) is 8. The Morgan fingerprint density at radius 1 is 0.879 bits per heavy atom. The zero-order chi connectivity index (χ0) is 22.4. The monoisotopic (exact) mass is 449 g/mol. The lowest BCUT2D eigenvalue weighted by Crippen LogP contribution is -2.11. The second kappa shape index (κ2) is 7.64. The molecule has 0 unspecified atom stereocenters. The zero-order valence-corrected chi connectivity index (χ0v) is 18.2. The van der Waals surface area contributed by atoms with E-state index in [0.29, 0.717) is 33.7 Å². The molecule has 9 heteroatoms. The summed E-state index contributed by atoms with van der Waals surface area (Å²) in [6, 6.07) is 11.7. The molecule has 5 heterocycles. The van der Waals surface area contributed by atoms with Crippen molar-refractivity contribution in [2.45, 2.75) is 6.92 Å². The molecule has 0 bridgehead atoms. The van der Waals surface area contributed by atoms with Gasteiger partial charge >= 0.3 is 0 Å². The lowest BCUT2D eigenvalue weighted by molar-refractivity contribution is 1.15. The molecule has 0 saturated heterocycles. The number of thiazole rings is 1. The Hall–Kier alpha value is -4.37. The van der Waals surface area contributed by atoms with Gasteiger partial charge in [0.15, 0.2) is 5.65 Å². The zero-order valence-electron chi connectivity index (χ0n) is 17.4. The summed E-state index contributed by atoms with van der Waals surface area (Å²) >= 11 is 1.53. The summed E-state index contributed by atoms with van der Waals surface area (Å²) in [4.78, 5) is 43.1. The van der Waals surface area contributed by atoms with Gasteiger partial charge in [0.05, 0.1) is 26.7 Å². The van der Waals surface area contributed by atoms with E-state index in [2.05, 4.69) is 24.9 Å². The van der Waals surface area contributed by atoms with Crippen LogP contribution in [0.25, 0.3) is 55.0 Å². The van der Waals surface area contributed by atoms with Crippen molar-refractivity contribution in [3.05, 3.63) is 82.9 Å². The van der Waals surface area contributed by atoms with E-state index in [1.54, 1.807) is 30.9 Å². The lowest BCUT2D eigenvalue weighted by Gasteiger charge is -2.10. The third-order valence-electron chi connectivity index (χ3n) is 5.28. The summed E-state index contributed by atoms with van der Waals surface area (Å²) in [5.74, 6) is 0. The minimum absolute atomic E-state index is 0.275. The molecule has 0 radical (unpaired) electrons. The summed E-state index contributed by atoms with van der Waals surface area (Å²) in [6.45, 7) is 1.94. The topological polar surface area (TPSA) is 110 Å². The summed E-state index contributed by atoms with van der Waals surface area (Å²) in [5.41, 5.74) is 4.94. The van der Waals surface area contributed by atoms with E-state index < -0.39 is 0 Å². The van der Waals surface area contributed by atoms with E-state index in [1.165, 1.54) is 17.7 Å². The lowest BCUT2D eigenvalue weighted by atomic mass is 10.1. The van der Waals surface area contributed by atoms with Gasteiger partial charge in [-0.1, -0.05) is 12.1 Å². The van der Waals surface area contributed by atoms with Crippen LogP contribution in [-0.2, 0) is 0 Å². The summed E-state index contributed by atoms with van der Waals surface area (Å²) in [6.07, 6.45) is 8.18. The molecule has 33 heavy (non-hydrogen) atoms. The second-order valence-corrected chi connectivity index (χ2v) is 8.68. The van der Waals surface area contributed by atoms with Crippen LogP contribution in [0, 0.1) is 6.92 Å². The van der Waals surface area contributed by atoms with Crippen molar-refractivity contribution in [1.82, 2.24) is 34.9 Å². The fourth-order valence-electron chi connectivity index (χ4n) is 3.74. The minimum atomic E-state index is -0.275. The molecular formula is C24H15N7OS. The number of aryl methyl sites for hydroxylation is 1. The number of fused-ring (bicyclic) bond motifs is 2. The average molecular weight is 449 g/mol. The Morgan fingerprint density at radius 2 is 1.76 bits per heavy atom. The first-order valence-electron chi connectivity index (χ1n) is 10.1. The summed E-state index contributed by atoms with van der Waals surface area (Å²) < 4.78 is 0. The average Bonchev–Trinajstić information content (AvgIpc) is 3.29. The van der Waals surface area contributed by atoms with Crippen molar-refractivity contribution in [2.75, 3.05) is 0 Å². The Morgan fingerprint density at radius 3 is 2.58 bits per heavy atom. The maximum Gasteiger partial charge on any atom is 0.257 e. The van der Waals surface area contributed by atoms with Crippen molar-refractivity contribution in [3.63, 3.8) is 0 Å². The van der Waals surface area contributed by atoms with Crippen LogP contribution < -0.4 is 5.56 Å². The number of H-pyrrole nitrogens is 1. The normalized spacial score (nSPS) is 11.3. The Bertz CT molecular complexity index is 1710. The first-order valence-corrected chi connectivity index (χ1v) is 11.0. The molecule has 0 aliphatic carbocycles. The third-order valence-corrected chi connectivity index (χ3v) is 6.20. The van der Waals surface area contributed by atoms with Crippen LogP contribution in [0.5, 0.6) is 0 Å². The van der Waals surface area contributed by atoms with E-state index in [4.69, 9.17) is 9.97 Å². The molecule has 0 saturated carbocycles. The highest BCUT2D eigenvalue weighted by Crippen LogP contribution is 2.34. The summed E-state index contributed by atoms with van der Waals surface area (Å²) in [7, 11) is 0. The van der Waals surface area contributed by atoms with Crippen LogP contribution in [-0.4, -0.2) is 34.9 Å². The standard InChI is InChI=1S/C24H15N7OS/c1-13-28-11-20(33-13)22-21(15-4-5-18-14(7-15)3-2-6-27-18)29-19-8-17(16-9-25-12-26-10-16)24(32)31-23(19)30-22/h2-12H,1H3,(H,30,31,32). The molecule has 0 amide bonds. The third kappa shape index (κ3) is 3.44. The highest BCUT2D eigenvalue weighted by Gasteiger charge is 2.17. The molecule has 8 nitrogen and oxygen atoms in total. The van der Waals surface area contributed by atoms with Gasteiger partial charge in [0, 0.05) is 41.3 Å². The van der Waals surface area contributed by atoms with Gasteiger partial charge in [-0.05, 0) is 31.2 Å². The van der Waals surface area contributed by atoms with Gasteiger partial charge < -0.3 is 4.98 Å². The molecule has 158 valence electrons. The van der Waals surface area contributed by atoms with Crippen LogP contribution in [0.1, 0.15) is 5.01 Å². The van der Waals surface area contributed by atoms with Gasteiger partial charge in [-0.15, -0.1) is 11.3 Å². The quantitative estimate of drug-likeness (QED) is 0.426. The fourth-order valence-corrected chi connectivity index (χ4v) is 4.51. The molecule has 0 spiro atoms. The van der Waals surface area contributed by atoms with E-state index in [-0.39, 0.29) is 5.56 Å². The van der Waals surface area contributed by atoms with Gasteiger partial charge in [-0.3, -0.25) is 9.78 Å². The van der Waals surface area contributed by atoms with E-state index in [1.807, 2.05) is 37.3 Å². The number of aromatic amines is 1. The molecule has 1 N–H and O–H groups in total. The molecule has 0 atom stereocenters. The number of benzene rings is 1. The van der Waals surface area contributed by atoms with Crippen LogP contribution in [0.4, 0.5) is 0 Å². The van der Waals surface area contributed by atoms with Crippen LogP contribution in [0.3, 0.4) is 0 Å². The maximum absolute atomic E-state index is 12.8. The van der Waals surface area contributed by atoms with Crippen molar-refractivity contribution >= 4 is 33.4 Å². The number of pyridine rings is 2. The van der Waals surface area contributed by atoms with Gasteiger partial charge in [0.1, 0.15) is 17.5 Å². The van der Waals surface area contributed by atoms with Crippen molar-refractivity contribution in [1.29, 1.82) is 0 Å². The predicted molar refractivity (Wildman–Crippen MR) is 128 cm³/mol.